The van der Waals surface area contributed by atoms with Crippen molar-refractivity contribution < 1.29 is 39.7 Å². The van der Waals surface area contributed by atoms with Gasteiger partial charge in [0.05, 0.1) is 6.61 Å². The summed E-state index contributed by atoms with van der Waals surface area (Å²) in [6.07, 6.45) is -3.58. The molecule has 1 unspecified atom stereocenters. The smallest absolute Gasteiger partial charge is 0.405 e. The molecule has 0 spiro atoms. The SMILES string of the molecule is COC1C[C@@H](OS(=O)(=O)C(F)(F)F)[C@@H](CO[Si](c2ccccc2)(c2ccccc2)C(C)(C)C)O1. The zero-order valence-corrected chi connectivity index (χ0v) is 21.2. The standard InChI is InChI=1S/C23H29F3O6SSi/c1-22(2,3)34(17-11-7-5-8-12-17,18-13-9-6-10-14-18)30-16-20-19(15-21(29-4)31-20)32-33(27,28)23(24,25)26/h5-14,19-21H,15-16H2,1-4H3/t19-,20-,21?/m1/s1. The van der Waals surface area contributed by atoms with Crippen molar-refractivity contribution in [2.45, 2.75) is 56.2 Å². The van der Waals surface area contributed by atoms with E-state index in [0.717, 1.165) is 10.4 Å². The second-order valence-corrected chi connectivity index (χ2v) is 15.0. The van der Waals surface area contributed by atoms with Crippen molar-refractivity contribution in [3.8, 4) is 0 Å². The van der Waals surface area contributed by atoms with Crippen LogP contribution < -0.4 is 10.4 Å². The molecule has 1 aliphatic rings. The Morgan fingerprint density at radius 1 is 0.971 bits per heavy atom. The first-order chi connectivity index (χ1) is 15.8. The van der Waals surface area contributed by atoms with Crippen molar-refractivity contribution >= 4 is 28.8 Å². The number of methoxy groups -OCH3 is 1. The molecule has 2 aromatic rings. The van der Waals surface area contributed by atoms with Gasteiger partial charge in [0, 0.05) is 13.5 Å². The molecule has 0 N–H and O–H groups in total. The maximum atomic E-state index is 13.0. The zero-order valence-electron chi connectivity index (χ0n) is 19.4. The van der Waals surface area contributed by atoms with Gasteiger partial charge in [-0.25, -0.2) is 0 Å². The topological polar surface area (TPSA) is 71.1 Å². The van der Waals surface area contributed by atoms with Crippen LogP contribution in [0.25, 0.3) is 0 Å². The summed E-state index contributed by atoms with van der Waals surface area (Å²) < 4.78 is 84.2. The molecule has 0 bridgehead atoms. The molecule has 1 heterocycles. The summed E-state index contributed by atoms with van der Waals surface area (Å²) in [5, 5.41) is 1.55. The number of hydrogen-bond donors (Lipinski definition) is 0. The first-order valence-electron chi connectivity index (χ1n) is 10.7. The van der Waals surface area contributed by atoms with E-state index in [1.54, 1.807) is 0 Å². The second-order valence-electron chi connectivity index (χ2n) is 9.08. The third kappa shape index (κ3) is 5.39. The maximum Gasteiger partial charge on any atom is 0.523 e. The second kappa shape index (κ2) is 10.1. The fourth-order valence-corrected chi connectivity index (χ4v) is 9.47. The highest BCUT2D eigenvalue weighted by Gasteiger charge is 2.54. The summed E-state index contributed by atoms with van der Waals surface area (Å²) in [6.45, 7) is 5.98. The Balaban J connectivity index is 1.98. The maximum absolute atomic E-state index is 13.0. The Kier molecular flexibility index (Phi) is 7.95. The van der Waals surface area contributed by atoms with Gasteiger partial charge in [-0.05, 0) is 15.4 Å². The van der Waals surface area contributed by atoms with Crippen molar-refractivity contribution in [3.63, 3.8) is 0 Å². The number of hydrogen-bond acceptors (Lipinski definition) is 6. The lowest BCUT2D eigenvalue weighted by atomic mass is 10.2. The van der Waals surface area contributed by atoms with Gasteiger partial charge in [0.25, 0.3) is 8.32 Å². The summed E-state index contributed by atoms with van der Waals surface area (Å²) in [7, 11) is -7.51. The molecule has 6 nitrogen and oxygen atoms in total. The minimum Gasteiger partial charge on any atom is -0.405 e. The van der Waals surface area contributed by atoms with Gasteiger partial charge < -0.3 is 13.9 Å². The number of ether oxygens (including phenoxy) is 2. The van der Waals surface area contributed by atoms with Crippen LogP contribution in [0, 0.1) is 0 Å². The Morgan fingerprint density at radius 2 is 1.47 bits per heavy atom. The van der Waals surface area contributed by atoms with Crippen LogP contribution in [0.2, 0.25) is 5.04 Å². The van der Waals surface area contributed by atoms with E-state index in [1.165, 1.54) is 7.11 Å². The molecule has 3 rings (SSSR count). The molecule has 0 amide bonds. The van der Waals surface area contributed by atoms with Crippen LogP contribution in [0.5, 0.6) is 0 Å². The lowest BCUT2D eigenvalue weighted by Gasteiger charge is -2.43. The number of rotatable bonds is 8. The van der Waals surface area contributed by atoms with Gasteiger partial charge in [0.2, 0.25) is 0 Å². The van der Waals surface area contributed by atoms with Gasteiger partial charge in [-0.1, -0.05) is 81.4 Å². The van der Waals surface area contributed by atoms with Crippen molar-refractivity contribution in [1.29, 1.82) is 0 Å². The Bertz CT molecular complexity index is 1000. The van der Waals surface area contributed by atoms with Crippen LogP contribution in [-0.2, 0) is 28.2 Å². The van der Waals surface area contributed by atoms with Gasteiger partial charge in [0.1, 0.15) is 12.2 Å². The molecule has 0 aliphatic carbocycles. The molecule has 11 heteroatoms. The average molecular weight is 519 g/mol. The summed E-state index contributed by atoms with van der Waals surface area (Å²) >= 11 is 0. The van der Waals surface area contributed by atoms with E-state index in [1.807, 2.05) is 60.7 Å². The van der Waals surface area contributed by atoms with Crippen LogP contribution in [0.3, 0.4) is 0 Å². The summed E-state index contributed by atoms with van der Waals surface area (Å²) in [5.41, 5.74) is -5.54. The Morgan fingerprint density at radius 3 is 1.88 bits per heavy atom. The van der Waals surface area contributed by atoms with E-state index in [0.29, 0.717) is 0 Å². The fraction of sp³-hybridized carbons (Fsp3) is 0.478. The van der Waals surface area contributed by atoms with Crippen molar-refractivity contribution in [1.82, 2.24) is 0 Å². The van der Waals surface area contributed by atoms with Gasteiger partial charge >= 0.3 is 15.6 Å². The normalized spacial score (nSPS) is 22.1. The van der Waals surface area contributed by atoms with Crippen LogP contribution in [0.1, 0.15) is 27.2 Å². The molecule has 1 saturated heterocycles. The number of benzene rings is 2. The van der Waals surface area contributed by atoms with E-state index in [2.05, 4.69) is 25.0 Å². The minimum absolute atomic E-state index is 0.175. The molecule has 3 atom stereocenters. The zero-order chi connectivity index (χ0) is 25.2. The van der Waals surface area contributed by atoms with Crippen molar-refractivity contribution in [3.05, 3.63) is 60.7 Å². The Labute approximate surface area is 199 Å². The monoisotopic (exact) mass is 518 g/mol. The largest absolute Gasteiger partial charge is 0.523 e. The molecular formula is C23H29F3O6SSi. The minimum atomic E-state index is -5.81. The average Bonchev–Trinajstić information content (AvgIpc) is 3.15. The lowest BCUT2D eigenvalue weighted by Crippen LogP contribution is -2.67. The molecule has 0 aromatic heterocycles. The highest BCUT2D eigenvalue weighted by atomic mass is 32.2. The van der Waals surface area contributed by atoms with Gasteiger partial charge in [-0.3, -0.25) is 4.18 Å². The van der Waals surface area contributed by atoms with Crippen LogP contribution in [0.15, 0.2) is 60.7 Å². The predicted molar refractivity (Wildman–Crippen MR) is 124 cm³/mol. The summed E-state index contributed by atoms with van der Waals surface area (Å²) in [4.78, 5) is 0. The van der Waals surface area contributed by atoms with Crippen molar-refractivity contribution in [2.24, 2.45) is 0 Å². The molecule has 1 aliphatic heterocycles. The first kappa shape index (κ1) is 26.8. The summed E-state index contributed by atoms with van der Waals surface area (Å²) in [6, 6.07) is 19.3. The third-order valence-corrected chi connectivity index (χ3v) is 11.9. The highest BCUT2D eigenvalue weighted by Crippen LogP contribution is 2.38. The molecule has 0 radical (unpaired) electrons. The van der Waals surface area contributed by atoms with Gasteiger partial charge in [0.15, 0.2) is 6.29 Å². The molecule has 34 heavy (non-hydrogen) atoms. The van der Waals surface area contributed by atoms with Gasteiger partial charge in [-0.2, -0.15) is 21.6 Å². The molecular weight excluding hydrogens is 489 g/mol. The van der Waals surface area contributed by atoms with Crippen molar-refractivity contribution in [2.75, 3.05) is 13.7 Å². The van der Waals surface area contributed by atoms with E-state index in [9.17, 15) is 21.6 Å². The quantitative estimate of drug-likeness (QED) is 0.302. The molecule has 0 saturated carbocycles. The van der Waals surface area contributed by atoms with Crippen LogP contribution >= 0.6 is 0 Å². The van der Waals surface area contributed by atoms with E-state index in [-0.39, 0.29) is 18.1 Å². The van der Waals surface area contributed by atoms with Crippen LogP contribution in [0.4, 0.5) is 13.2 Å². The third-order valence-electron chi connectivity index (χ3n) is 5.84. The number of halogens is 3. The fourth-order valence-electron chi connectivity index (χ4n) is 4.27. The highest BCUT2D eigenvalue weighted by molar-refractivity contribution is 7.87. The molecule has 1 fully saturated rings. The van der Waals surface area contributed by atoms with Gasteiger partial charge in [-0.15, -0.1) is 0 Å². The lowest BCUT2D eigenvalue weighted by molar-refractivity contribution is -0.125. The summed E-state index contributed by atoms with van der Waals surface area (Å²) in [5.74, 6) is 0. The molecule has 188 valence electrons. The van der Waals surface area contributed by atoms with E-state index in [4.69, 9.17) is 13.9 Å². The van der Waals surface area contributed by atoms with E-state index < -0.39 is 42.4 Å². The predicted octanol–water partition coefficient (Wildman–Crippen LogP) is 3.56. The molecule has 2 aromatic carbocycles. The van der Waals surface area contributed by atoms with Crippen LogP contribution in [-0.4, -0.2) is 54.5 Å². The Hall–Kier alpha value is -1.76. The number of alkyl halides is 3. The van der Waals surface area contributed by atoms with E-state index >= 15 is 0 Å². The first-order valence-corrected chi connectivity index (χ1v) is 14.1.